The number of amides is 2. The maximum Gasteiger partial charge on any atom is 0.416 e. The Kier molecular flexibility index (Phi) is 5.71. The predicted octanol–water partition coefficient (Wildman–Crippen LogP) is 4.05. The molecule has 32 heavy (non-hydrogen) atoms. The summed E-state index contributed by atoms with van der Waals surface area (Å²) in [7, 11) is 0. The molecular formula is C21H17F3N4O4. The number of aromatic nitrogens is 2. The number of rotatable bonds is 7. The molecule has 0 saturated heterocycles. The Balaban J connectivity index is 1.52. The number of imidazole rings is 1. The third kappa shape index (κ3) is 4.66. The molecule has 0 aliphatic rings. The molecule has 1 aromatic carbocycles. The Morgan fingerprint density at radius 1 is 1.12 bits per heavy atom. The highest BCUT2D eigenvalue weighted by Crippen LogP contribution is 2.32. The average Bonchev–Trinajstić information content (AvgIpc) is 3.49. The summed E-state index contributed by atoms with van der Waals surface area (Å²) in [6, 6.07) is 8.05. The van der Waals surface area contributed by atoms with E-state index < -0.39 is 23.6 Å². The highest BCUT2D eigenvalue weighted by molar-refractivity contribution is 5.95. The number of hydrogen-bond acceptors (Lipinski definition) is 5. The largest absolute Gasteiger partial charge is 0.472 e. The van der Waals surface area contributed by atoms with E-state index in [2.05, 4.69) is 15.6 Å². The molecule has 0 radical (unpaired) electrons. The molecule has 0 aliphatic heterocycles. The van der Waals surface area contributed by atoms with Crippen molar-refractivity contribution in [3.05, 3.63) is 72.1 Å². The van der Waals surface area contributed by atoms with Gasteiger partial charge in [0.15, 0.2) is 0 Å². The summed E-state index contributed by atoms with van der Waals surface area (Å²) in [5.41, 5.74) is -0.0356. The lowest BCUT2D eigenvalue weighted by Gasteiger charge is -2.10. The summed E-state index contributed by atoms with van der Waals surface area (Å²) in [5, 5.41) is 5.18. The smallest absolute Gasteiger partial charge is 0.416 e. The molecule has 0 fully saturated rings. The van der Waals surface area contributed by atoms with Crippen LogP contribution in [-0.4, -0.2) is 27.9 Å². The van der Waals surface area contributed by atoms with Gasteiger partial charge in [0.05, 0.1) is 41.2 Å². The van der Waals surface area contributed by atoms with Crippen LogP contribution in [0.25, 0.3) is 11.0 Å². The van der Waals surface area contributed by atoms with Crippen LogP contribution in [0.3, 0.4) is 0 Å². The molecule has 4 rings (SSSR count). The molecule has 0 bridgehead atoms. The Bertz CT molecular complexity index is 1230. The molecule has 0 saturated carbocycles. The van der Waals surface area contributed by atoms with Crippen molar-refractivity contribution in [3.63, 3.8) is 0 Å². The van der Waals surface area contributed by atoms with Gasteiger partial charge in [0.2, 0.25) is 11.9 Å². The van der Waals surface area contributed by atoms with Crippen molar-refractivity contribution in [1.29, 1.82) is 0 Å². The van der Waals surface area contributed by atoms with Gasteiger partial charge in [-0.05, 0) is 36.4 Å². The minimum absolute atomic E-state index is 0.0481. The van der Waals surface area contributed by atoms with Gasteiger partial charge in [-0.3, -0.25) is 14.9 Å². The quantitative estimate of drug-likeness (QED) is 0.446. The highest BCUT2D eigenvalue weighted by Gasteiger charge is 2.31. The van der Waals surface area contributed by atoms with Crippen LogP contribution in [0, 0.1) is 0 Å². The van der Waals surface area contributed by atoms with Crippen LogP contribution < -0.4 is 10.6 Å². The van der Waals surface area contributed by atoms with Crippen LogP contribution in [-0.2, 0) is 17.5 Å². The van der Waals surface area contributed by atoms with Gasteiger partial charge in [0.25, 0.3) is 5.91 Å². The molecule has 0 aliphatic carbocycles. The number of halogens is 3. The minimum Gasteiger partial charge on any atom is -0.472 e. The molecule has 11 heteroatoms. The summed E-state index contributed by atoms with van der Waals surface area (Å²) in [6.07, 6.45) is -0.481. The van der Waals surface area contributed by atoms with Crippen LogP contribution in [0.4, 0.5) is 19.1 Å². The average molecular weight is 446 g/mol. The van der Waals surface area contributed by atoms with Gasteiger partial charge < -0.3 is 18.7 Å². The molecule has 3 aromatic heterocycles. The lowest BCUT2D eigenvalue weighted by atomic mass is 10.2. The Hall–Kier alpha value is -4.02. The van der Waals surface area contributed by atoms with Gasteiger partial charge >= 0.3 is 6.18 Å². The van der Waals surface area contributed by atoms with Crippen LogP contribution in [0.15, 0.2) is 64.0 Å². The second-order valence-electron chi connectivity index (χ2n) is 6.87. The maximum absolute atomic E-state index is 13.1. The van der Waals surface area contributed by atoms with Crippen molar-refractivity contribution in [1.82, 2.24) is 14.9 Å². The van der Waals surface area contributed by atoms with E-state index in [0.717, 1.165) is 12.1 Å². The van der Waals surface area contributed by atoms with E-state index >= 15 is 0 Å². The van der Waals surface area contributed by atoms with Crippen molar-refractivity contribution >= 4 is 28.8 Å². The number of anilines is 1. The topological polar surface area (TPSA) is 102 Å². The van der Waals surface area contributed by atoms with Crippen molar-refractivity contribution in [2.75, 3.05) is 11.9 Å². The zero-order valence-electron chi connectivity index (χ0n) is 16.5. The number of carbonyl (C=O) groups is 2. The first-order chi connectivity index (χ1) is 15.3. The first kappa shape index (κ1) is 21.2. The molecule has 2 N–H and O–H groups in total. The van der Waals surface area contributed by atoms with Crippen molar-refractivity contribution < 1.29 is 31.6 Å². The van der Waals surface area contributed by atoms with Gasteiger partial charge in [-0.25, -0.2) is 4.98 Å². The summed E-state index contributed by atoms with van der Waals surface area (Å²) in [5.74, 6) is -0.255. The molecule has 8 nitrogen and oxygen atoms in total. The van der Waals surface area contributed by atoms with Crippen LogP contribution >= 0.6 is 0 Å². The summed E-state index contributed by atoms with van der Waals surface area (Å²) < 4.78 is 51.0. The molecule has 4 aromatic rings. The fourth-order valence-electron chi connectivity index (χ4n) is 3.09. The number of nitrogens with zero attached hydrogens (tertiary/aromatic N) is 2. The van der Waals surface area contributed by atoms with Crippen molar-refractivity contribution in [2.45, 2.75) is 19.1 Å². The van der Waals surface area contributed by atoms with Crippen molar-refractivity contribution in [3.8, 4) is 0 Å². The number of furan rings is 2. The fourth-order valence-corrected chi connectivity index (χ4v) is 3.09. The predicted molar refractivity (Wildman–Crippen MR) is 107 cm³/mol. The van der Waals surface area contributed by atoms with Crippen molar-refractivity contribution in [2.24, 2.45) is 0 Å². The number of hydrogen-bond donors (Lipinski definition) is 2. The third-order valence-corrected chi connectivity index (χ3v) is 4.64. The van der Waals surface area contributed by atoms with E-state index in [1.54, 1.807) is 16.7 Å². The fraction of sp³-hybridized carbons (Fsp3) is 0.190. The van der Waals surface area contributed by atoms with E-state index in [9.17, 15) is 22.8 Å². The normalized spacial score (nSPS) is 11.6. The molecule has 166 valence electrons. The van der Waals surface area contributed by atoms with Gasteiger partial charge in [-0.2, -0.15) is 13.2 Å². The monoisotopic (exact) mass is 446 g/mol. The lowest BCUT2D eigenvalue weighted by Crippen LogP contribution is -2.27. The van der Waals surface area contributed by atoms with E-state index in [4.69, 9.17) is 8.83 Å². The van der Waals surface area contributed by atoms with E-state index in [-0.39, 0.29) is 31.0 Å². The SMILES string of the molecule is O=C(CCNC(=O)c1ccoc1)Nc1nc2cc(C(F)(F)F)ccc2n1Cc1ccco1. The van der Waals surface area contributed by atoms with Crippen LogP contribution in [0.5, 0.6) is 0 Å². The first-order valence-corrected chi connectivity index (χ1v) is 9.51. The Morgan fingerprint density at radius 3 is 2.66 bits per heavy atom. The number of carbonyl (C=O) groups excluding carboxylic acids is 2. The number of nitrogens with one attached hydrogen (secondary N) is 2. The highest BCUT2D eigenvalue weighted by atomic mass is 19.4. The molecule has 0 atom stereocenters. The maximum atomic E-state index is 13.1. The number of fused-ring (bicyclic) bond motifs is 1. The molecule has 0 spiro atoms. The van der Waals surface area contributed by atoms with E-state index in [1.807, 2.05) is 0 Å². The minimum atomic E-state index is -4.52. The standard InChI is InChI=1S/C21H17F3N4O4/c22-21(23,24)14-3-4-17-16(10-14)26-20(28(17)11-15-2-1-8-32-15)27-18(29)5-7-25-19(30)13-6-9-31-12-13/h1-4,6,8-10,12H,5,7,11H2,(H,25,30)(H,26,27,29). The summed E-state index contributed by atoms with van der Waals surface area (Å²) in [6.45, 7) is 0.203. The zero-order valence-corrected chi connectivity index (χ0v) is 16.5. The number of benzene rings is 1. The van der Waals surface area contributed by atoms with Gasteiger partial charge in [-0.1, -0.05) is 0 Å². The second kappa shape index (κ2) is 8.61. The first-order valence-electron chi connectivity index (χ1n) is 9.51. The zero-order chi connectivity index (χ0) is 22.7. The van der Waals surface area contributed by atoms with Gasteiger partial charge in [0.1, 0.15) is 12.0 Å². The van der Waals surface area contributed by atoms with Gasteiger partial charge in [-0.15, -0.1) is 0 Å². The van der Waals surface area contributed by atoms with Crippen LogP contribution in [0.1, 0.15) is 28.1 Å². The summed E-state index contributed by atoms with van der Waals surface area (Å²) >= 11 is 0. The second-order valence-corrected chi connectivity index (χ2v) is 6.87. The number of alkyl halides is 3. The Labute approximate surface area is 179 Å². The van der Waals surface area contributed by atoms with Gasteiger partial charge in [0, 0.05) is 13.0 Å². The molecule has 2 amide bonds. The third-order valence-electron chi connectivity index (χ3n) is 4.64. The molecule has 3 heterocycles. The Morgan fingerprint density at radius 2 is 1.97 bits per heavy atom. The summed E-state index contributed by atoms with van der Waals surface area (Å²) in [4.78, 5) is 28.5. The van der Waals surface area contributed by atoms with E-state index in [1.165, 1.54) is 30.9 Å². The van der Waals surface area contributed by atoms with E-state index in [0.29, 0.717) is 16.8 Å². The molecule has 0 unspecified atom stereocenters. The van der Waals surface area contributed by atoms with Crippen LogP contribution in [0.2, 0.25) is 0 Å². The lowest BCUT2D eigenvalue weighted by molar-refractivity contribution is -0.137. The molecular weight excluding hydrogens is 429 g/mol.